The van der Waals surface area contributed by atoms with Crippen molar-refractivity contribution in [2.75, 3.05) is 24.6 Å². The molecule has 1 aliphatic heterocycles. The zero-order valence-corrected chi connectivity index (χ0v) is 13.8. The molecule has 1 atom stereocenters. The first kappa shape index (κ1) is 15.8. The first-order valence-corrected chi connectivity index (χ1v) is 8.47. The molecule has 1 aliphatic carbocycles. The summed E-state index contributed by atoms with van der Waals surface area (Å²) >= 11 is 0. The molecule has 2 aliphatic rings. The quantitative estimate of drug-likeness (QED) is 0.857. The highest BCUT2D eigenvalue weighted by atomic mass is 16.5. The summed E-state index contributed by atoms with van der Waals surface area (Å²) in [6.07, 6.45) is 3.06. The topological polar surface area (TPSA) is 49.9 Å². The van der Waals surface area contributed by atoms with Crippen LogP contribution >= 0.6 is 0 Å². The second-order valence-corrected chi connectivity index (χ2v) is 6.23. The van der Waals surface area contributed by atoms with E-state index in [-0.39, 0.29) is 17.7 Å². The van der Waals surface area contributed by atoms with Gasteiger partial charge in [-0.05, 0) is 38.8 Å². The van der Waals surface area contributed by atoms with Crippen molar-refractivity contribution in [3.63, 3.8) is 0 Å². The maximum atomic E-state index is 12.8. The lowest BCUT2D eigenvalue weighted by Crippen LogP contribution is -2.59. The first-order chi connectivity index (χ1) is 11.1. The van der Waals surface area contributed by atoms with E-state index in [4.69, 9.17) is 4.74 Å². The summed E-state index contributed by atoms with van der Waals surface area (Å²) < 4.78 is 5.64. The number of benzene rings is 1. The van der Waals surface area contributed by atoms with Crippen LogP contribution in [-0.4, -0.2) is 42.5 Å². The largest absolute Gasteiger partial charge is 0.492 e. The third-order valence-electron chi connectivity index (χ3n) is 4.85. The van der Waals surface area contributed by atoms with Gasteiger partial charge in [-0.2, -0.15) is 0 Å². The van der Waals surface area contributed by atoms with Gasteiger partial charge in [0.15, 0.2) is 0 Å². The fourth-order valence-corrected chi connectivity index (χ4v) is 3.26. The summed E-state index contributed by atoms with van der Waals surface area (Å²) in [5.74, 6) is 0.966. The van der Waals surface area contributed by atoms with Crippen LogP contribution < -0.4 is 9.64 Å². The molecule has 0 bridgehead atoms. The molecule has 1 saturated heterocycles. The molecule has 2 amide bonds. The highest BCUT2D eigenvalue weighted by Gasteiger charge is 2.39. The molecule has 2 fully saturated rings. The number of para-hydroxylation sites is 2. The van der Waals surface area contributed by atoms with Crippen LogP contribution in [0.15, 0.2) is 24.3 Å². The number of carbonyl (C=O) groups excluding carboxylic acids is 2. The van der Waals surface area contributed by atoms with Gasteiger partial charge in [0.25, 0.3) is 0 Å². The van der Waals surface area contributed by atoms with Crippen LogP contribution in [0, 0.1) is 5.92 Å². The van der Waals surface area contributed by atoms with E-state index in [0.29, 0.717) is 25.4 Å². The lowest BCUT2D eigenvalue weighted by Gasteiger charge is -2.42. The van der Waals surface area contributed by atoms with Crippen molar-refractivity contribution in [1.29, 1.82) is 0 Å². The third kappa shape index (κ3) is 2.92. The van der Waals surface area contributed by atoms with Crippen LogP contribution in [0.4, 0.5) is 5.69 Å². The molecule has 5 nitrogen and oxygen atoms in total. The Morgan fingerprint density at radius 3 is 2.65 bits per heavy atom. The maximum absolute atomic E-state index is 12.8. The van der Waals surface area contributed by atoms with Crippen LogP contribution in [0.5, 0.6) is 5.75 Å². The molecule has 3 rings (SSSR count). The van der Waals surface area contributed by atoms with Crippen molar-refractivity contribution < 1.29 is 14.3 Å². The lowest BCUT2D eigenvalue weighted by molar-refractivity contribution is -0.146. The molecule has 5 heteroatoms. The summed E-state index contributed by atoms with van der Waals surface area (Å²) in [6.45, 7) is 5.42. The number of hydrogen-bond donors (Lipinski definition) is 0. The van der Waals surface area contributed by atoms with Crippen LogP contribution in [0.25, 0.3) is 0 Å². The number of ether oxygens (including phenoxy) is 1. The predicted molar refractivity (Wildman–Crippen MR) is 88.5 cm³/mol. The Morgan fingerprint density at radius 2 is 2.00 bits per heavy atom. The molecule has 1 heterocycles. The summed E-state index contributed by atoms with van der Waals surface area (Å²) in [5.41, 5.74) is 0.793. The minimum atomic E-state index is -0.411. The number of anilines is 1. The Labute approximate surface area is 137 Å². The van der Waals surface area contributed by atoms with E-state index in [1.807, 2.05) is 38.1 Å². The monoisotopic (exact) mass is 316 g/mol. The Kier molecular flexibility index (Phi) is 4.55. The van der Waals surface area contributed by atoms with E-state index in [2.05, 4.69) is 0 Å². The van der Waals surface area contributed by atoms with Gasteiger partial charge in [-0.25, -0.2) is 0 Å². The fraction of sp³-hybridized carbons (Fsp3) is 0.556. The minimum Gasteiger partial charge on any atom is -0.492 e. The standard InChI is InChI=1S/C18H24N2O3/c1-3-23-16-10-5-4-9-15(16)20-12-11-19(13(2)17(20)21)18(22)14-7-6-8-14/h4-5,9-10,13-14H,3,6-8,11-12H2,1-2H3. The average Bonchev–Trinajstić information content (AvgIpc) is 2.49. The molecule has 0 radical (unpaired) electrons. The van der Waals surface area contributed by atoms with E-state index in [0.717, 1.165) is 24.9 Å². The second kappa shape index (κ2) is 6.60. The zero-order chi connectivity index (χ0) is 16.4. The number of carbonyl (C=O) groups is 2. The molecule has 1 aromatic carbocycles. The van der Waals surface area contributed by atoms with Crippen molar-refractivity contribution >= 4 is 17.5 Å². The van der Waals surface area contributed by atoms with Gasteiger partial charge in [0, 0.05) is 19.0 Å². The zero-order valence-electron chi connectivity index (χ0n) is 13.8. The van der Waals surface area contributed by atoms with Crippen molar-refractivity contribution in [2.24, 2.45) is 5.92 Å². The van der Waals surface area contributed by atoms with E-state index in [1.165, 1.54) is 0 Å². The number of rotatable bonds is 4. The average molecular weight is 316 g/mol. The molecule has 0 N–H and O–H groups in total. The molecular formula is C18H24N2O3. The van der Waals surface area contributed by atoms with Gasteiger partial charge >= 0.3 is 0 Å². The van der Waals surface area contributed by atoms with E-state index in [1.54, 1.807) is 9.80 Å². The highest BCUT2D eigenvalue weighted by molar-refractivity contribution is 6.01. The number of amides is 2. The van der Waals surface area contributed by atoms with Gasteiger partial charge in [-0.3, -0.25) is 9.59 Å². The Morgan fingerprint density at radius 1 is 1.26 bits per heavy atom. The molecule has 1 aromatic rings. The van der Waals surface area contributed by atoms with Crippen molar-refractivity contribution in [1.82, 2.24) is 4.90 Å². The fourth-order valence-electron chi connectivity index (χ4n) is 3.26. The van der Waals surface area contributed by atoms with Gasteiger partial charge < -0.3 is 14.5 Å². The van der Waals surface area contributed by atoms with Gasteiger partial charge in [0.05, 0.1) is 12.3 Å². The molecule has 124 valence electrons. The van der Waals surface area contributed by atoms with Crippen LogP contribution in [-0.2, 0) is 9.59 Å². The number of hydrogen-bond acceptors (Lipinski definition) is 3. The minimum absolute atomic E-state index is 0.0314. The maximum Gasteiger partial charge on any atom is 0.249 e. The predicted octanol–water partition coefficient (Wildman–Crippen LogP) is 2.45. The highest BCUT2D eigenvalue weighted by Crippen LogP contribution is 2.33. The smallest absolute Gasteiger partial charge is 0.249 e. The molecule has 23 heavy (non-hydrogen) atoms. The summed E-state index contributed by atoms with van der Waals surface area (Å²) in [6, 6.07) is 7.17. The van der Waals surface area contributed by atoms with Crippen molar-refractivity contribution in [3.8, 4) is 5.75 Å². The van der Waals surface area contributed by atoms with Crippen molar-refractivity contribution in [3.05, 3.63) is 24.3 Å². The first-order valence-electron chi connectivity index (χ1n) is 8.47. The van der Waals surface area contributed by atoms with Gasteiger partial charge in [0.1, 0.15) is 11.8 Å². The number of piperazine rings is 1. The Bertz CT molecular complexity index is 598. The Balaban J connectivity index is 1.77. The molecule has 0 aromatic heterocycles. The van der Waals surface area contributed by atoms with Gasteiger partial charge in [0.2, 0.25) is 11.8 Å². The third-order valence-corrected chi connectivity index (χ3v) is 4.85. The summed E-state index contributed by atoms with van der Waals surface area (Å²) in [4.78, 5) is 28.8. The second-order valence-electron chi connectivity index (χ2n) is 6.23. The van der Waals surface area contributed by atoms with Crippen LogP contribution in [0.1, 0.15) is 33.1 Å². The van der Waals surface area contributed by atoms with Crippen LogP contribution in [0.2, 0.25) is 0 Å². The van der Waals surface area contributed by atoms with E-state index < -0.39 is 6.04 Å². The normalized spacial score (nSPS) is 22.0. The van der Waals surface area contributed by atoms with Crippen LogP contribution in [0.3, 0.4) is 0 Å². The van der Waals surface area contributed by atoms with E-state index >= 15 is 0 Å². The molecule has 1 unspecified atom stereocenters. The molecule has 0 spiro atoms. The number of nitrogens with zero attached hydrogens (tertiary/aromatic N) is 2. The Hall–Kier alpha value is -2.04. The summed E-state index contributed by atoms with van der Waals surface area (Å²) in [7, 11) is 0. The molecule has 1 saturated carbocycles. The SMILES string of the molecule is CCOc1ccccc1N1CCN(C(=O)C2CCC2)C(C)C1=O. The summed E-state index contributed by atoms with van der Waals surface area (Å²) in [5, 5.41) is 0. The van der Waals surface area contributed by atoms with Gasteiger partial charge in [-0.1, -0.05) is 18.6 Å². The van der Waals surface area contributed by atoms with Gasteiger partial charge in [-0.15, -0.1) is 0 Å². The van der Waals surface area contributed by atoms with Crippen molar-refractivity contribution in [2.45, 2.75) is 39.2 Å². The lowest BCUT2D eigenvalue weighted by atomic mass is 9.84. The molecular weight excluding hydrogens is 292 g/mol. The van der Waals surface area contributed by atoms with E-state index in [9.17, 15) is 9.59 Å².